The molecule has 0 bridgehead atoms. The molecule has 0 aliphatic carbocycles. The highest BCUT2D eigenvalue weighted by molar-refractivity contribution is 6.31. The minimum absolute atomic E-state index is 0.348. The Morgan fingerprint density at radius 1 is 1.12 bits per heavy atom. The molecule has 1 aromatic heterocycles. The molecule has 1 N–H and O–H groups in total. The molecule has 124 valence electrons. The SMILES string of the molecule is CN(C)CCOC(=O)c1[nH]c(-c2ccccc2)c2cc(Cl)ccc12. The second-order valence-electron chi connectivity index (χ2n) is 5.87. The molecule has 0 fully saturated rings. The normalized spacial score (nSPS) is 11.2. The van der Waals surface area contributed by atoms with Crippen LogP contribution in [-0.2, 0) is 4.74 Å². The highest BCUT2D eigenvalue weighted by Crippen LogP contribution is 2.32. The van der Waals surface area contributed by atoms with E-state index < -0.39 is 0 Å². The van der Waals surface area contributed by atoms with E-state index in [1.54, 1.807) is 6.07 Å². The first kappa shape index (κ1) is 16.6. The lowest BCUT2D eigenvalue weighted by atomic mass is 10.1. The van der Waals surface area contributed by atoms with Crippen LogP contribution < -0.4 is 0 Å². The van der Waals surface area contributed by atoms with Crippen molar-refractivity contribution in [2.75, 3.05) is 27.2 Å². The van der Waals surface area contributed by atoms with Gasteiger partial charge in [0.1, 0.15) is 12.3 Å². The van der Waals surface area contributed by atoms with Crippen molar-refractivity contribution in [3.8, 4) is 11.3 Å². The summed E-state index contributed by atoms with van der Waals surface area (Å²) in [6.07, 6.45) is 0. The van der Waals surface area contributed by atoms with E-state index in [1.807, 2.05) is 61.5 Å². The Morgan fingerprint density at radius 3 is 2.58 bits per heavy atom. The summed E-state index contributed by atoms with van der Waals surface area (Å²) in [7, 11) is 3.88. The third kappa shape index (κ3) is 3.45. The van der Waals surface area contributed by atoms with E-state index >= 15 is 0 Å². The fraction of sp³-hybridized carbons (Fsp3) is 0.211. The number of aromatic nitrogens is 1. The fourth-order valence-corrected chi connectivity index (χ4v) is 2.76. The Hall–Kier alpha value is -2.30. The van der Waals surface area contributed by atoms with E-state index in [-0.39, 0.29) is 5.97 Å². The number of hydrogen-bond acceptors (Lipinski definition) is 3. The Labute approximate surface area is 146 Å². The summed E-state index contributed by atoms with van der Waals surface area (Å²) in [4.78, 5) is 17.7. The van der Waals surface area contributed by atoms with Crippen LogP contribution in [0.25, 0.3) is 22.0 Å². The van der Waals surface area contributed by atoms with Crippen molar-refractivity contribution in [2.24, 2.45) is 0 Å². The van der Waals surface area contributed by atoms with Gasteiger partial charge >= 0.3 is 5.97 Å². The first-order chi connectivity index (χ1) is 11.6. The van der Waals surface area contributed by atoms with Crippen LogP contribution in [0.15, 0.2) is 48.5 Å². The van der Waals surface area contributed by atoms with Crippen LogP contribution in [0.5, 0.6) is 0 Å². The van der Waals surface area contributed by atoms with E-state index in [2.05, 4.69) is 4.98 Å². The van der Waals surface area contributed by atoms with Gasteiger partial charge in [0.2, 0.25) is 0 Å². The molecule has 5 heteroatoms. The van der Waals surface area contributed by atoms with Crippen molar-refractivity contribution in [2.45, 2.75) is 0 Å². The van der Waals surface area contributed by atoms with E-state index in [1.165, 1.54) is 0 Å². The van der Waals surface area contributed by atoms with Gasteiger partial charge in [-0.15, -0.1) is 0 Å². The molecule has 0 spiro atoms. The van der Waals surface area contributed by atoms with E-state index in [9.17, 15) is 4.79 Å². The molecule has 0 saturated heterocycles. The minimum Gasteiger partial charge on any atom is -0.460 e. The molecule has 3 rings (SSSR count). The van der Waals surface area contributed by atoms with E-state index in [0.29, 0.717) is 23.9 Å². The fourth-order valence-electron chi connectivity index (χ4n) is 2.59. The maximum absolute atomic E-state index is 12.5. The molecule has 0 aliphatic rings. The molecule has 0 aliphatic heterocycles. The van der Waals surface area contributed by atoms with Gasteiger partial charge in [-0.1, -0.05) is 48.0 Å². The third-order valence-corrected chi connectivity index (χ3v) is 4.04. The first-order valence-corrected chi connectivity index (χ1v) is 8.12. The number of halogens is 1. The second kappa shape index (κ2) is 7.07. The average molecular weight is 343 g/mol. The summed E-state index contributed by atoms with van der Waals surface area (Å²) in [5.41, 5.74) is 2.32. The molecule has 0 radical (unpaired) electrons. The summed E-state index contributed by atoms with van der Waals surface area (Å²) < 4.78 is 5.38. The molecule has 24 heavy (non-hydrogen) atoms. The van der Waals surface area contributed by atoms with Crippen molar-refractivity contribution < 1.29 is 9.53 Å². The monoisotopic (exact) mass is 342 g/mol. The van der Waals surface area contributed by atoms with Crippen molar-refractivity contribution in [1.82, 2.24) is 9.88 Å². The third-order valence-electron chi connectivity index (χ3n) is 3.81. The topological polar surface area (TPSA) is 45.3 Å². The van der Waals surface area contributed by atoms with Crippen molar-refractivity contribution >= 4 is 28.3 Å². The second-order valence-corrected chi connectivity index (χ2v) is 6.31. The van der Waals surface area contributed by atoms with Crippen molar-refractivity contribution in [1.29, 1.82) is 0 Å². The predicted molar refractivity (Wildman–Crippen MR) is 97.6 cm³/mol. The number of carbonyl (C=O) groups is 1. The zero-order chi connectivity index (χ0) is 17.1. The summed E-state index contributed by atoms with van der Waals surface area (Å²) in [5.74, 6) is -0.355. The molecule has 1 heterocycles. The average Bonchev–Trinajstić information content (AvgIpc) is 2.94. The Balaban J connectivity index is 2.01. The van der Waals surface area contributed by atoms with Gasteiger partial charge in [0.25, 0.3) is 0 Å². The largest absolute Gasteiger partial charge is 0.460 e. The highest BCUT2D eigenvalue weighted by Gasteiger charge is 2.18. The number of nitrogens with zero attached hydrogens (tertiary/aromatic N) is 1. The molecule has 0 atom stereocenters. The van der Waals surface area contributed by atoms with Crippen molar-refractivity contribution in [3.63, 3.8) is 0 Å². The molecule has 3 aromatic rings. The van der Waals surface area contributed by atoms with Crippen LogP contribution in [-0.4, -0.2) is 43.1 Å². The van der Waals surface area contributed by atoms with Gasteiger partial charge in [0, 0.05) is 22.3 Å². The lowest BCUT2D eigenvalue weighted by Gasteiger charge is -2.09. The van der Waals surface area contributed by atoms with Crippen molar-refractivity contribution in [3.05, 3.63) is 59.2 Å². The predicted octanol–water partition coefficient (Wildman–Crippen LogP) is 4.21. The zero-order valence-electron chi connectivity index (χ0n) is 13.7. The maximum atomic E-state index is 12.5. The van der Waals surface area contributed by atoms with Crippen LogP contribution >= 0.6 is 11.6 Å². The standard InChI is InChI=1S/C19H19ClN2O2/c1-22(2)10-11-24-19(23)18-15-9-8-14(20)12-16(15)17(21-18)13-6-4-3-5-7-13/h3-9,12,21H,10-11H2,1-2H3. The summed E-state index contributed by atoms with van der Waals surface area (Å²) in [6.45, 7) is 1.03. The van der Waals surface area contributed by atoms with Gasteiger partial charge in [0.05, 0.1) is 5.69 Å². The Bertz CT molecular complexity index is 856. The Morgan fingerprint density at radius 2 is 1.88 bits per heavy atom. The smallest absolute Gasteiger partial charge is 0.355 e. The lowest BCUT2D eigenvalue weighted by Crippen LogP contribution is -2.20. The molecule has 0 amide bonds. The number of rotatable bonds is 5. The number of aromatic amines is 1. The number of hydrogen-bond donors (Lipinski definition) is 1. The maximum Gasteiger partial charge on any atom is 0.355 e. The number of fused-ring (bicyclic) bond motifs is 1. The zero-order valence-corrected chi connectivity index (χ0v) is 14.4. The molecule has 4 nitrogen and oxygen atoms in total. The number of H-pyrrole nitrogens is 1. The number of ether oxygens (including phenoxy) is 1. The lowest BCUT2D eigenvalue weighted by molar-refractivity contribution is 0.0478. The summed E-state index contributed by atoms with van der Waals surface area (Å²) >= 11 is 6.15. The number of esters is 1. The first-order valence-electron chi connectivity index (χ1n) is 7.75. The number of benzene rings is 2. The van der Waals surface area contributed by atoms with Gasteiger partial charge in [-0.3, -0.25) is 0 Å². The molecular formula is C19H19ClN2O2. The van der Waals surface area contributed by atoms with E-state index in [4.69, 9.17) is 16.3 Å². The van der Waals surface area contributed by atoms with Gasteiger partial charge in [-0.2, -0.15) is 0 Å². The molecule has 2 aromatic carbocycles. The highest BCUT2D eigenvalue weighted by atomic mass is 35.5. The molecular weight excluding hydrogens is 324 g/mol. The van der Waals surface area contributed by atoms with Gasteiger partial charge in [-0.25, -0.2) is 4.79 Å². The molecule has 0 unspecified atom stereocenters. The van der Waals surface area contributed by atoms with Crippen LogP contribution in [0.4, 0.5) is 0 Å². The minimum atomic E-state index is -0.355. The van der Waals surface area contributed by atoms with Crippen LogP contribution in [0, 0.1) is 0 Å². The Kier molecular flexibility index (Phi) is 4.88. The quantitative estimate of drug-likeness (QED) is 0.706. The van der Waals surface area contributed by atoms with Crippen LogP contribution in [0.2, 0.25) is 5.02 Å². The number of likely N-dealkylation sites (N-methyl/N-ethyl adjacent to an activating group) is 1. The summed E-state index contributed by atoms with van der Waals surface area (Å²) in [5, 5.41) is 2.35. The van der Waals surface area contributed by atoms with Crippen LogP contribution in [0.3, 0.4) is 0 Å². The van der Waals surface area contributed by atoms with Crippen LogP contribution in [0.1, 0.15) is 10.5 Å². The van der Waals surface area contributed by atoms with Gasteiger partial charge in [-0.05, 0) is 31.8 Å². The van der Waals surface area contributed by atoms with Gasteiger partial charge in [0.15, 0.2) is 0 Å². The molecule has 0 saturated carbocycles. The summed E-state index contributed by atoms with van der Waals surface area (Å²) in [6, 6.07) is 15.4. The van der Waals surface area contributed by atoms with E-state index in [0.717, 1.165) is 22.0 Å². The number of nitrogens with one attached hydrogen (secondary N) is 1. The van der Waals surface area contributed by atoms with Gasteiger partial charge < -0.3 is 14.6 Å². The number of carbonyl (C=O) groups excluding carboxylic acids is 1.